The molecule has 7 nitrogen and oxygen atoms in total. The Labute approximate surface area is 140 Å². The molecule has 1 aliphatic heterocycles. The summed E-state index contributed by atoms with van der Waals surface area (Å²) < 4.78 is 45.2. The lowest BCUT2D eigenvalue weighted by Gasteiger charge is -2.35. The maximum atomic E-state index is 13.9. The third-order valence-electron chi connectivity index (χ3n) is 3.83. The molecule has 25 heavy (non-hydrogen) atoms. The van der Waals surface area contributed by atoms with Crippen LogP contribution in [0.3, 0.4) is 0 Å². The first-order valence-corrected chi connectivity index (χ1v) is 7.53. The zero-order valence-corrected chi connectivity index (χ0v) is 13.4. The average molecular weight is 356 g/mol. The number of phenols is 1. The molecule has 2 atom stereocenters. The monoisotopic (exact) mass is 356 g/mol. The highest BCUT2D eigenvalue weighted by molar-refractivity contribution is 5.90. The fraction of sp³-hybridized carbons (Fsp3) is 0.400. The molecule has 2 aromatic rings. The molecule has 2 heterocycles. The second-order valence-corrected chi connectivity index (χ2v) is 5.98. The number of halogens is 3. The van der Waals surface area contributed by atoms with Gasteiger partial charge in [0.25, 0.3) is 17.6 Å². The summed E-state index contributed by atoms with van der Waals surface area (Å²) >= 11 is 0. The molecule has 3 rings (SSSR count). The molecule has 0 aliphatic carbocycles. The van der Waals surface area contributed by atoms with Crippen LogP contribution in [0.15, 0.2) is 10.6 Å². The van der Waals surface area contributed by atoms with E-state index in [2.05, 4.69) is 15.5 Å². The Morgan fingerprint density at radius 2 is 1.92 bits per heavy atom. The van der Waals surface area contributed by atoms with E-state index in [4.69, 9.17) is 4.52 Å². The van der Waals surface area contributed by atoms with Crippen LogP contribution < -0.4 is 5.32 Å². The molecule has 1 fully saturated rings. The van der Waals surface area contributed by atoms with Gasteiger partial charge >= 0.3 is 0 Å². The maximum Gasteiger partial charge on any atom is 0.295 e. The number of phenolic OH excluding ortho intramolecular Hbond substituents is 1. The van der Waals surface area contributed by atoms with E-state index < -0.39 is 40.6 Å². The van der Waals surface area contributed by atoms with Gasteiger partial charge in [-0.15, -0.1) is 0 Å². The lowest BCUT2D eigenvalue weighted by Crippen LogP contribution is -2.56. The molecular weight excluding hydrogens is 341 g/mol. The third kappa shape index (κ3) is 3.16. The molecule has 1 amide bonds. The molecule has 1 aromatic carbocycles. The first kappa shape index (κ1) is 17.2. The number of rotatable bonds is 2. The minimum atomic E-state index is -1.72. The predicted octanol–water partition coefficient (Wildman–Crippen LogP) is 1.68. The molecule has 134 valence electrons. The van der Waals surface area contributed by atoms with Crippen molar-refractivity contribution in [2.24, 2.45) is 0 Å². The summed E-state index contributed by atoms with van der Waals surface area (Å²) in [5.41, 5.74) is -0.634. The van der Waals surface area contributed by atoms with Gasteiger partial charge < -0.3 is 19.8 Å². The van der Waals surface area contributed by atoms with Crippen molar-refractivity contribution in [3.63, 3.8) is 0 Å². The number of amides is 1. The Morgan fingerprint density at radius 1 is 1.28 bits per heavy atom. The molecule has 1 aromatic heterocycles. The van der Waals surface area contributed by atoms with Gasteiger partial charge in [-0.1, -0.05) is 5.16 Å². The number of benzene rings is 1. The quantitative estimate of drug-likeness (QED) is 0.796. The van der Waals surface area contributed by atoms with Crippen LogP contribution in [0.2, 0.25) is 0 Å². The minimum absolute atomic E-state index is 0.0691. The van der Waals surface area contributed by atoms with Crippen LogP contribution in [0.25, 0.3) is 11.5 Å². The Balaban J connectivity index is 1.89. The van der Waals surface area contributed by atoms with Crippen molar-refractivity contribution in [3.05, 3.63) is 29.3 Å². The second kappa shape index (κ2) is 6.36. The minimum Gasteiger partial charge on any atom is -0.503 e. The highest BCUT2D eigenvalue weighted by Crippen LogP contribution is 2.31. The average Bonchev–Trinajstić information content (AvgIpc) is 3.04. The van der Waals surface area contributed by atoms with E-state index in [0.29, 0.717) is 19.2 Å². The summed E-state index contributed by atoms with van der Waals surface area (Å²) in [6.07, 6.45) is 0. The van der Waals surface area contributed by atoms with E-state index in [1.54, 1.807) is 0 Å². The highest BCUT2D eigenvalue weighted by atomic mass is 19.2. The number of carbonyl (C=O) groups excluding carboxylic acids is 1. The lowest BCUT2D eigenvalue weighted by atomic mass is 10.1. The molecule has 2 N–H and O–H groups in total. The van der Waals surface area contributed by atoms with Crippen LogP contribution in [-0.2, 0) is 0 Å². The number of aromatic nitrogens is 2. The van der Waals surface area contributed by atoms with Crippen LogP contribution >= 0.6 is 0 Å². The van der Waals surface area contributed by atoms with Crippen molar-refractivity contribution in [2.45, 2.75) is 25.9 Å². The van der Waals surface area contributed by atoms with E-state index in [-0.39, 0.29) is 17.9 Å². The number of hydrogen-bond acceptors (Lipinski definition) is 6. The SMILES string of the molecule is C[C@@H]1CN(C(=O)c2noc(-c3cc(F)c(F)c(O)c3F)n2)C[C@H](C)N1. The second-order valence-electron chi connectivity index (χ2n) is 5.98. The van der Waals surface area contributed by atoms with Crippen molar-refractivity contribution in [2.75, 3.05) is 13.1 Å². The van der Waals surface area contributed by atoms with E-state index in [0.717, 1.165) is 0 Å². The van der Waals surface area contributed by atoms with Gasteiger partial charge in [0.1, 0.15) is 0 Å². The first-order valence-electron chi connectivity index (χ1n) is 7.53. The Hall–Kier alpha value is -2.62. The van der Waals surface area contributed by atoms with Crippen molar-refractivity contribution >= 4 is 5.91 Å². The van der Waals surface area contributed by atoms with Crippen molar-refractivity contribution in [1.29, 1.82) is 0 Å². The van der Waals surface area contributed by atoms with Gasteiger partial charge in [0.05, 0.1) is 5.56 Å². The van der Waals surface area contributed by atoms with Crippen molar-refractivity contribution in [3.8, 4) is 17.2 Å². The van der Waals surface area contributed by atoms with Crippen LogP contribution in [0, 0.1) is 17.5 Å². The number of aromatic hydroxyl groups is 1. The number of nitrogens with zero attached hydrogens (tertiary/aromatic N) is 3. The lowest BCUT2D eigenvalue weighted by molar-refractivity contribution is 0.0658. The van der Waals surface area contributed by atoms with Gasteiger partial charge in [0.15, 0.2) is 17.4 Å². The summed E-state index contributed by atoms with van der Waals surface area (Å²) in [7, 11) is 0. The van der Waals surface area contributed by atoms with Gasteiger partial charge in [-0.25, -0.2) is 8.78 Å². The van der Waals surface area contributed by atoms with E-state index >= 15 is 0 Å². The largest absolute Gasteiger partial charge is 0.503 e. The molecule has 10 heteroatoms. The molecular formula is C15H15F3N4O3. The highest BCUT2D eigenvalue weighted by Gasteiger charge is 2.30. The summed E-state index contributed by atoms with van der Waals surface area (Å²) in [6.45, 7) is 4.68. The van der Waals surface area contributed by atoms with Crippen LogP contribution in [0.4, 0.5) is 13.2 Å². The molecule has 1 saturated heterocycles. The number of carbonyl (C=O) groups is 1. The van der Waals surface area contributed by atoms with Crippen LogP contribution in [-0.4, -0.2) is 51.2 Å². The van der Waals surface area contributed by atoms with Gasteiger partial charge in [-0.05, 0) is 19.9 Å². The molecule has 0 unspecified atom stereocenters. The normalized spacial score (nSPS) is 20.8. The number of piperazine rings is 1. The fourth-order valence-corrected chi connectivity index (χ4v) is 2.80. The standard InChI is InChI=1S/C15H15F3N4O3/c1-6-4-22(5-7(2)19-6)15(24)13-20-14(25-21-13)8-3-9(16)11(18)12(23)10(8)17/h3,6-7,19,23H,4-5H2,1-2H3/t6-,7+. The van der Waals surface area contributed by atoms with Gasteiger partial charge in [-0.2, -0.15) is 9.37 Å². The summed E-state index contributed by atoms with van der Waals surface area (Å²) in [4.78, 5) is 17.7. The van der Waals surface area contributed by atoms with E-state index in [1.807, 2.05) is 13.8 Å². The fourth-order valence-electron chi connectivity index (χ4n) is 2.80. The van der Waals surface area contributed by atoms with Crippen LogP contribution in [0.5, 0.6) is 5.75 Å². The van der Waals surface area contributed by atoms with Gasteiger partial charge in [0.2, 0.25) is 5.82 Å². The predicted molar refractivity (Wildman–Crippen MR) is 79.2 cm³/mol. The molecule has 0 saturated carbocycles. The van der Waals surface area contributed by atoms with Gasteiger partial charge in [0, 0.05) is 25.2 Å². The molecule has 0 radical (unpaired) electrons. The zero-order chi connectivity index (χ0) is 18.3. The van der Waals surface area contributed by atoms with Crippen molar-refractivity contribution in [1.82, 2.24) is 20.4 Å². The van der Waals surface area contributed by atoms with Crippen molar-refractivity contribution < 1.29 is 27.6 Å². The molecule has 0 bridgehead atoms. The topological polar surface area (TPSA) is 91.5 Å². The zero-order valence-electron chi connectivity index (χ0n) is 13.4. The maximum absolute atomic E-state index is 13.9. The third-order valence-corrected chi connectivity index (χ3v) is 3.83. The van der Waals surface area contributed by atoms with Gasteiger partial charge in [-0.3, -0.25) is 4.79 Å². The van der Waals surface area contributed by atoms with Crippen LogP contribution in [0.1, 0.15) is 24.5 Å². The Bertz CT molecular complexity index is 817. The summed E-state index contributed by atoms with van der Waals surface area (Å²) in [6, 6.07) is 0.612. The Morgan fingerprint density at radius 3 is 2.56 bits per heavy atom. The van der Waals surface area contributed by atoms with E-state index in [1.165, 1.54) is 4.90 Å². The number of nitrogens with one attached hydrogen (secondary N) is 1. The first-order chi connectivity index (χ1) is 11.8. The summed E-state index contributed by atoms with van der Waals surface area (Å²) in [5.74, 6) is -7.55. The van der Waals surface area contributed by atoms with E-state index in [9.17, 15) is 23.1 Å². The smallest absolute Gasteiger partial charge is 0.295 e. The summed E-state index contributed by atoms with van der Waals surface area (Å²) in [5, 5.41) is 16.0. The molecule has 0 spiro atoms. The Kier molecular flexibility index (Phi) is 4.38. The number of hydrogen-bond donors (Lipinski definition) is 2. The molecule has 1 aliphatic rings.